The molecule has 0 aromatic carbocycles. The molecule has 4 nitrogen and oxygen atoms in total. The van der Waals surface area contributed by atoms with Crippen LogP contribution in [0.1, 0.15) is 33.1 Å². The number of piperidine rings is 1. The molecule has 3 atom stereocenters. The van der Waals surface area contributed by atoms with Gasteiger partial charge in [-0.2, -0.15) is 0 Å². The van der Waals surface area contributed by atoms with E-state index in [1.54, 1.807) is 7.11 Å². The predicted octanol–water partition coefficient (Wildman–Crippen LogP) is 0.997. The molecule has 1 saturated heterocycles. The minimum absolute atomic E-state index is 0.0797. The molecule has 1 fully saturated rings. The Labute approximate surface area is 98.1 Å². The van der Waals surface area contributed by atoms with Gasteiger partial charge in [-0.1, -0.05) is 6.92 Å². The van der Waals surface area contributed by atoms with E-state index in [4.69, 9.17) is 10.5 Å². The zero-order chi connectivity index (χ0) is 12.1. The third kappa shape index (κ3) is 3.19. The zero-order valence-electron chi connectivity index (χ0n) is 10.6. The topological polar surface area (TPSA) is 55.6 Å². The summed E-state index contributed by atoms with van der Waals surface area (Å²) < 4.78 is 4.95. The zero-order valence-corrected chi connectivity index (χ0v) is 10.6. The number of methoxy groups -OCH3 is 1. The number of carbonyl (C=O) groups is 1. The number of carbonyl (C=O) groups excluding carboxylic acids is 1. The lowest BCUT2D eigenvalue weighted by Gasteiger charge is -2.39. The number of hydrogen-bond donors (Lipinski definition) is 1. The Morgan fingerprint density at radius 3 is 2.88 bits per heavy atom. The maximum atomic E-state index is 12.1. The van der Waals surface area contributed by atoms with Gasteiger partial charge in [0.1, 0.15) is 0 Å². The van der Waals surface area contributed by atoms with Gasteiger partial charge in [-0.05, 0) is 32.1 Å². The number of likely N-dealkylation sites (tertiary alicyclic amines) is 1. The summed E-state index contributed by atoms with van der Waals surface area (Å²) in [6.45, 7) is 5.71. The summed E-state index contributed by atoms with van der Waals surface area (Å²) in [5.74, 6) is 0.656. The van der Waals surface area contributed by atoms with Crippen LogP contribution in [0.4, 0.5) is 0 Å². The van der Waals surface area contributed by atoms with Gasteiger partial charge in [-0.15, -0.1) is 0 Å². The van der Waals surface area contributed by atoms with Gasteiger partial charge >= 0.3 is 0 Å². The molecule has 3 unspecified atom stereocenters. The van der Waals surface area contributed by atoms with Crippen molar-refractivity contribution in [2.45, 2.75) is 45.2 Å². The molecular formula is C12H24N2O2. The number of amides is 1. The maximum absolute atomic E-state index is 12.1. The second kappa shape index (κ2) is 6.21. The Balaban J connectivity index is 2.51. The molecule has 0 aromatic rings. The highest BCUT2D eigenvalue weighted by molar-refractivity contribution is 5.82. The molecule has 0 aliphatic carbocycles. The first-order valence-corrected chi connectivity index (χ1v) is 6.13. The molecule has 1 aliphatic heterocycles. The lowest BCUT2D eigenvalue weighted by molar-refractivity contribution is -0.137. The van der Waals surface area contributed by atoms with E-state index in [1.807, 2.05) is 4.90 Å². The van der Waals surface area contributed by atoms with Crippen LogP contribution in [0.5, 0.6) is 0 Å². The lowest BCUT2D eigenvalue weighted by atomic mass is 9.91. The lowest BCUT2D eigenvalue weighted by Crippen LogP contribution is -2.52. The molecule has 2 N–H and O–H groups in total. The van der Waals surface area contributed by atoms with Gasteiger partial charge < -0.3 is 15.4 Å². The summed E-state index contributed by atoms with van der Waals surface area (Å²) in [6, 6.07) is -0.0949. The van der Waals surface area contributed by atoms with Crippen LogP contribution in [0.15, 0.2) is 0 Å². The van der Waals surface area contributed by atoms with E-state index in [0.29, 0.717) is 25.0 Å². The number of hydrogen-bond acceptors (Lipinski definition) is 3. The number of rotatable bonds is 4. The Morgan fingerprint density at radius 2 is 2.25 bits per heavy atom. The van der Waals surface area contributed by atoms with Crippen LogP contribution in [0.25, 0.3) is 0 Å². The Kier molecular flexibility index (Phi) is 5.22. The summed E-state index contributed by atoms with van der Waals surface area (Å²) in [5, 5.41) is 0. The maximum Gasteiger partial charge on any atom is 0.239 e. The second-order valence-corrected chi connectivity index (χ2v) is 4.78. The molecule has 1 rings (SSSR count). The molecule has 1 aliphatic rings. The van der Waals surface area contributed by atoms with E-state index in [-0.39, 0.29) is 5.91 Å². The summed E-state index contributed by atoms with van der Waals surface area (Å²) in [4.78, 5) is 14.0. The number of nitrogens with two attached hydrogens (primary N) is 1. The fraction of sp³-hybridized carbons (Fsp3) is 0.917. The van der Waals surface area contributed by atoms with Crippen molar-refractivity contribution < 1.29 is 9.53 Å². The first-order valence-electron chi connectivity index (χ1n) is 6.13. The molecule has 0 bridgehead atoms. The smallest absolute Gasteiger partial charge is 0.239 e. The van der Waals surface area contributed by atoms with Gasteiger partial charge in [0.15, 0.2) is 0 Å². The van der Waals surface area contributed by atoms with Crippen molar-refractivity contribution in [2.24, 2.45) is 11.7 Å². The van der Waals surface area contributed by atoms with Gasteiger partial charge in [0.25, 0.3) is 0 Å². The minimum Gasteiger partial charge on any atom is -0.385 e. The van der Waals surface area contributed by atoms with Gasteiger partial charge in [-0.25, -0.2) is 0 Å². The largest absolute Gasteiger partial charge is 0.385 e. The van der Waals surface area contributed by atoms with Crippen LogP contribution >= 0.6 is 0 Å². The van der Waals surface area contributed by atoms with E-state index in [1.165, 1.54) is 6.42 Å². The molecule has 1 amide bonds. The van der Waals surface area contributed by atoms with Gasteiger partial charge in [0.2, 0.25) is 5.91 Å². The highest BCUT2D eigenvalue weighted by Crippen LogP contribution is 2.23. The molecule has 0 spiro atoms. The molecule has 0 aromatic heterocycles. The minimum atomic E-state index is -0.410. The highest BCUT2D eigenvalue weighted by atomic mass is 16.5. The highest BCUT2D eigenvalue weighted by Gasteiger charge is 2.30. The average molecular weight is 228 g/mol. The summed E-state index contributed by atoms with van der Waals surface area (Å²) in [7, 11) is 1.63. The van der Waals surface area contributed by atoms with Crippen LogP contribution < -0.4 is 5.73 Å². The van der Waals surface area contributed by atoms with Crippen LogP contribution in [-0.4, -0.2) is 43.2 Å². The van der Waals surface area contributed by atoms with E-state index in [9.17, 15) is 4.79 Å². The summed E-state index contributed by atoms with van der Waals surface area (Å²) >= 11 is 0. The molecule has 16 heavy (non-hydrogen) atoms. The van der Waals surface area contributed by atoms with Crippen LogP contribution in [-0.2, 0) is 9.53 Å². The number of ether oxygens (including phenoxy) is 1. The van der Waals surface area contributed by atoms with Crippen LogP contribution in [0.2, 0.25) is 0 Å². The van der Waals surface area contributed by atoms with Crippen molar-refractivity contribution in [1.82, 2.24) is 4.90 Å². The van der Waals surface area contributed by atoms with E-state index in [2.05, 4.69) is 13.8 Å². The fourth-order valence-electron chi connectivity index (χ4n) is 2.23. The van der Waals surface area contributed by atoms with Crippen molar-refractivity contribution in [2.75, 3.05) is 20.3 Å². The van der Waals surface area contributed by atoms with Crippen molar-refractivity contribution in [3.63, 3.8) is 0 Å². The van der Waals surface area contributed by atoms with Gasteiger partial charge in [0, 0.05) is 26.3 Å². The molecule has 4 heteroatoms. The standard InChI is InChI=1S/C12H24N2O2/c1-9-5-4-7-14(10(9)2)12(15)11(13)6-8-16-3/h9-11H,4-8,13H2,1-3H3. The normalized spacial score (nSPS) is 27.9. The third-order valence-electron chi connectivity index (χ3n) is 3.61. The van der Waals surface area contributed by atoms with E-state index < -0.39 is 6.04 Å². The number of nitrogens with zero attached hydrogens (tertiary/aromatic N) is 1. The first kappa shape index (κ1) is 13.5. The third-order valence-corrected chi connectivity index (χ3v) is 3.61. The Morgan fingerprint density at radius 1 is 1.56 bits per heavy atom. The monoisotopic (exact) mass is 228 g/mol. The van der Waals surface area contributed by atoms with Crippen LogP contribution in [0, 0.1) is 5.92 Å². The first-order chi connectivity index (χ1) is 7.57. The predicted molar refractivity (Wildman–Crippen MR) is 64.0 cm³/mol. The second-order valence-electron chi connectivity index (χ2n) is 4.78. The van der Waals surface area contributed by atoms with Crippen molar-refractivity contribution in [3.05, 3.63) is 0 Å². The molecule has 0 saturated carbocycles. The van der Waals surface area contributed by atoms with Crippen molar-refractivity contribution in [3.8, 4) is 0 Å². The van der Waals surface area contributed by atoms with E-state index >= 15 is 0 Å². The Hall–Kier alpha value is -0.610. The molecular weight excluding hydrogens is 204 g/mol. The average Bonchev–Trinajstić information content (AvgIpc) is 2.28. The van der Waals surface area contributed by atoms with E-state index in [0.717, 1.165) is 13.0 Å². The van der Waals surface area contributed by atoms with Gasteiger partial charge in [-0.3, -0.25) is 4.79 Å². The summed E-state index contributed by atoms with van der Waals surface area (Å²) in [6.07, 6.45) is 2.90. The molecule has 0 radical (unpaired) electrons. The van der Waals surface area contributed by atoms with Crippen molar-refractivity contribution in [1.29, 1.82) is 0 Å². The Bertz CT molecular complexity index is 233. The SMILES string of the molecule is COCCC(N)C(=O)N1CCCC(C)C1C. The quantitative estimate of drug-likeness (QED) is 0.781. The van der Waals surface area contributed by atoms with Gasteiger partial charge in [0.05, 0.1) is 6.04 Å². The van der Waals surface area contributed by atoms with Crippen LogP contribution in [0.3, 0.4) is 0 Å². The molecule has 1 heterocycles. The fourth-order valence-corrected chi connectivity index (χ4v) is 2.23. The molecule has 94 valence electrons. The van der Waals surface area contributed by atoms with Crippen molar-refractivity contribution >= 4 is 5.91 Å². The summed E-state index contributed by atoms with van der Waals surface area (Å²) in [5.41, 5.74) is 5.87.